The van der Waals surface area contributed by atoms with Crippen LogP contribution in [0.3, 0.4) is 0 Å². The third kappa shape index (κ3) is 3.20. The zero-order valence-electron chi connectivity index (χ0n) is 20.6. The van der Waals surface area contributed by atoms with E-state index in [0.717, 1.165) is 59.5 Å². The van der Waals surface area contributed by atoms with E-state index >= 15 is 0 Å². The number of nitrogens with zero attached hydrogens (tertiary/aromatic N) is 6. The molecule has 0 aliphatic heterocycles. The molecule has 3 N–H and O–H groups in total. The van der Waals surface area contributed by atoms with Gasteiger partial charge in [-0.1, -0.05) is 24.1 Å². The fraction of sp³-hybridized carbons (Fsp3) is 0.241. The number of pyridine rings is 1. The first kappa shape index (κ1) is 22.4. The second-order valence-corrected chi connectivity index (χ2v) is 10.3. The van der Waals surface area contributed by atoms with Crippen molar-refractivity contribution in [2.24, 2.45) is 0 Å². The van der Waals surface area contributed by atoms with Crippen LogP contribution in [0.5, 0.6) is 0 Å². The van der Waals surface area contributed by atoms with E-state index < -0.39 is 0 Å². The summed E-state index contributed by atoms with van der Waals surface area (Å²) in [5.74, 6) is 3.14. The lowest BCUT2D eigenvalue weighted by molar-refractivity contribution is 0.0895. The average molecular weight is 501 g/mol. The van der Waals surface area contributed by atoms with E-state index in [4.69, 9.17) is 17.1 Å². The summed E-state index contributed by atoms with van der Waals surface area (Å²) in [6, 6.07) is 10.0. The van der Waals surface area contributed by atoms with E-state index in [1.807, 2.05) is 30.5 Å². The van der Waals surface area contributed by atoms with Gasteiger partial charge in [0.25, 0.3) is 5.91 Å². The molecule has 38 heavy (non-hydrogen) atoms. The van der Waals surface area contributed by atoms with Crippen molar-refractivity contribution in [1.29, 1.82) is 0 Å². The van der Waals surface area contributed by atoms with Crippen LogP contribution >= 0.6 is 0 Å². The summed E-state index contributed by atoms with van der Waals surface area (Å²) >= 11 is 0. The van der Waals surface area contributed by atoms with Gasteiger partial charge in [0.2, 0.25) is 0 Å². The largest absolute Gasteiger partial charge is 0.383 e. The molecule has 1 amide bonds. The van der Waals surface area contributed by atoms with Crippen LogP contribution in [0.4, 0.5) is 5.82 Å². The van der Waals surface area contributed by atoms with Gasteiger partial charge in [-0.2, -0.15) is 0 Å². The first-order valence-electron chi connectivity index (χ1n) is 12.6. The quantitative estimate of drug-likeness (QED) is 0.359. The van der Waals surface area contributed by atoms with Crippen LogP contribution in [0.15, 0.2) is 61.4 Å². The standard InChI is InChI=1S/C29H24N8O/c1-2-22-23(19-13-18-5-3-4-6-20(18)33-14-19)24-25(30)34-17-35-26(24)37(22)29-9-7-28(16-29,8-10-29)36-27(38)21-15-31-11-12-32-21/h1,3-6,11-15,17H,7-10,16H2,(H,36,38)(H2,30,34,35). The van der Waals surface area contributed by atoms with Gasteiger partial charge in [-0.3, -0.25) is 14.8 Å². The molecule has 9 nitrogen and oxygen atoms in total. The molecule has 2 fully saturated rings. The zero-order valence-corrected chi connectivity index (χ0v) is 20.6. The van der Waals surface area contributed by atoms with Crippen molar-refractivity contribution in [3.05, 3.63) is 72.8 Å². The van der Waals surface area contributed by atoms with Crippen LogP contribution in [0.25, 0.3) is 33.1 Å². The number of hydrogen-bond donors (Lipinski definition) is 2. The lowest BCUT2D eigenvalue weighted by Crippen LogP contribution is -2.45. The maximum atomic E-state index is 13.0. The second kappa shape index (κ2) is 8.08. The van der Waals surface area contributed by atoms with E-state index in [9.17, 15) is 4.79 Å². The summed E-state index contributed by atoms with van der Waals surface area (Å²) in [5.41, 5.74) is 10.2. The fourth-order valence-electron chi connectivity index (χ4n) is 6.59. The number of fused-ring (bicyclic) bond motifs is 4. The van der Waals surface area contributed by atoms with E-state index in [1.54, 1.807) is 6.20 Å². The number of nitrogens with one attached hydrogen (secondary N) is 1. The third-order valence-electron chi connectivity index (χ3n) is 8.25. The van der Waals surface area contributed by atoms with Crippen molar-refractivity contribution in [3.8, 4) is 23.5 Å². The highest BCUT2D eigenvalue weighted by atomic mass is 16.2. The number of benzene rings is 1. The van der Waals surface area contributed by atoms with Crippen LogP contribution in [0, 0.1) is 12.3 Å². The number of hydrogen-bond acceptors (Lipinski definition) is 7. The molecule has 4 aromatic heterocycles. The molecule has 0 radical (unpaired) electrons. The molecule has 4 heterocycles. The SMILES string of the molecule is C#Cc1c(-c2cnc3ccccc3c2)c2c(N)ncnc2n1C12CCC(NC(=O)c3cnccn3)(CC1)C2. The molecule has 2 aliphatic carbocycles. The number of terminal acetylenes is 1. The van der Waals surface area contributed by atoms with Gasteiger partial charge in [-0.25, -0.2) is 15.0 Å². The Morgan fingerprint density at radius 2 is 1.89 bits per heavy atom. The Balaban J connectivity index is 1.37. The smallest absolute Gasteiger partial charge is 0.271 e. The van der Waals surface area contributed by atoms with Gasteiger partial charge in [-0.15, -0.1) is 6.42 Å². The predicted octanol–water partition coefficient (Wildman–Crippen LogP) is 3.84. The van der Waals surface area contributed by atoms with Gasteiger partial charge in [0.15, 0.2) is 0 Å². The number of aromatic nitrogens is 6. The highest BCUT2D eigenvalue weighted by Crippen LogP contribution is 2.57. The summed E-state index contributed by atoms with van der Waals surface area (Å²) in [6.45, 7) is 0. The first-order valence-corrected chi connectivity index (χ1v) is 12.6. The Labute approximate surface area is 218 Å². The molecule has 2 aliphatic rings. The molecular weight excluding hydrogens is 476 g/mol. The number of carbonyl (C=O) groups is 1. The summed E-state index contributed by atoms with van der Waals surface area (Å²) < 4.78 is 2.19. The Morgan fingerprint density at radius 1 is 1.05 bits per heavy atom. The molecule has 186 valence electrons. The van der Waals surface area contributed by atoms with E-state index in [2.05, 4.69) is 41.8 Å². The fourth-order valence-corrected chi connectivity index (χ4v) is 6.59. The molecule has 1 aromatic carbocycles. The van der Waals surface area contributed by atoms with Gasteiger partial charge >= 0.3 is 0 Å². The molecule has 7 rings (SSSR count). The normalized spacial score (nSPS) is 22.1. The Bertz CT molecular complexity index is 1780. The van der Waals surface area contributed by atoms with Crippen LogP contribution in [0.1, 0.15) is 48.3 Å². The molecule has 0 unspecified atom stereocenters. The Kier molecular flexibility index (Phi) is 4.76. The topological polar surface area (TPSA) is 124 Å². The maximum absolute atomic E-state index is 13.0. The molecule has 9 heteroatoms. The number of rotatable bonds is 4. The number of carbonyl (C=O) groups excluding carboxylic acids is 1. The summed E-state index contributed by atoms with van der Waals surface area (Å²) in [5, 5.41) is 5.02. The lowest BCUT2D eigenvalue weighted by atomic mass is 9.90. The number of nitrogens with two attached hydrogens (primary N) is 1. The number of amides is 1. The summed E-state index contributed by atoms with van der Waals surface area (Å²) in [7, 11) is 0. The van der Waals surface area contributed by atoms with Crippen LogP contribution in [-0.4, -0.2) is 40.9 Å². The van der Waals surface area contributed by atoms with Crippen LogP contribution < -0.4 is 11.1 Å². The van der Waals surface area contributed by atoms with Gasteiger partial charge in [0.1, 0.15) is 29.2 Å². The van der Waals surface area contributed by atoms with Gasteiger partial charge in [0, 0.05) is 46.2 Å². The molecule has 2 saturated carbocycles. The predicted molar refractivity (Wildman–Crippen MR) is 144 cm³/mol. The van der Waals surface area contributed by atoms with Crippen molar-refractivity contribution in [2.75, 3.05) is 5.73 Å². The highest BCUT2D eigenvalue weighted by Gasteiger charge is 2.57. The maximum Gasteiger partial charge on any atom is 0.271 e. The van der Waals surface area contributed by atoms with Crippen molar-refractivity contribution in [1.82, 2.24) is 34.8 Å². The summed E-state index contributed by atoms with van der Waals surface area (Å²) in [6.07, 6.45) is 18.2. The van der Waals surface area contributed by atoms with E-state index in [0.29, 0.717) is 22.9 Å². The zero-order chi connectivity index (χ0) is 25.9. The molecular formula is C29H24N8O. The minimum atomic E-state index is -0.347. The molecule has 5 aromatic rings. The molecule has 0 saturated heterocycles. The Hall–Kier alpha value is -4.84. The van der Waals surface area contributed by atoms with Gasteiger partial charge in [0.05, 0.1) is 17.1 Å². The number of nitrogen functional groups attached to an aromatic ring is 1. The monoisotopic (exact) mass is 500 g/mol. The summed E-state index contributed by atoms with van der Waals surface area (Å²) in [4.78, 5) is 34.9. The average Bonchev–Trinajstić information content (AvgIpc) is 3.62. The van der Waals surface area contributed by atoms with Crippen molar-refractivity contribution >= 4 is 33.7 Å². The van der Waals surface area contributed by atoms with Crippen molar-refractivity contribution in [3.63, 3.8) is 0 Å². The minimum Gasteiger partial charge on any atom is -0.383 e. The van der Waals surface area contributed by atoms with Crippen molar-refractivity contribution in [2.45, 2.75) is 43.2 Å². The minimum absolute atomic E-state index is 0.208. The van der Waals surface area contributed by atoms with E-state index in [-0.39, 0.29) is 17.0 Å². The molecule has 0 atom stereocenters. The number of para-hydroxylation sites is 1. The van der Waals surface area contributed by atoms with E-state index in [1.165, 1.54) is 18.7 Å². The first-order chi connectivity index (χ1) is 18.5. The Morgan fingerprint density at radius 3 is 2.68 bits per heavy atom. The van der Waals surface area contributed by atoms with Gasteiger partial charge in [-0.05, 0) is 44.2 Å². The van der Waals surface area contributed by atoms with Crippen LogP contribution in [0.2, 0.25) is 0 Å². The molecule has 0 spiro atoms. The van der Waals surface area contributed by atoms with Gasteiger partial charge < -0.3 is 15.6 Å². The molecule has 2 bridgehead atoms. The highest BCUT2D eigenvalue weighted by molar-refractivity contribution is 6.04. The lowest BCUT2D eigenvalue weighted by Gasteiger charge is -2.30. The third-order valence-corrected chi connectivity index (χ3v) is 8.25. The second-order valence-electron chi connectivity index (χ2n) is 10.3. The van der Waals surface area contributed by atoms with Crippen molar-refractivity contribution < 1.29 is 4.79 Å². The number of anilines is 1. The van der Waals surface area contributed by atoms with Crippen LogP contribution in [-0.2, 0) is 5.54 Å².